The highest BCUT2D eigenvalue weighted by molar-refractivity contribution is 7.92. The van der Waals surface area contributed by atoms with Gasteiger partial charge in [-0.1, -0.05) is 56.1 Å². The predicted octanol–water partition coefficient (Wildman–Crippen LogP) is 5.62. The second-order valence-corrected chi connectivity index (χ2v) is 17.8. The van der Waals surface area contributed by atoms with Gasteiger partial charge < -0.3 is 9.80 Å². The molecule has 2 aromatic carbocycles. The van der Waals surface area contributed by atoms with Crippen LogP contribution in [0.5, 0.6) is 0 Å². The van der Waals surface area contributed by atoms with Crippen LogP contribution in [0.25, 0.3) is 0 Å². The maximum Gasteiger partial charge on any atom is 0.230 e. The molecule has 0 unspecified atom stereocenters. The lowest BCUT2D eigenvalue weighted by molar-refractivity contribution is -0.123. The number of halogens is 2. The van der Waals surface area contributed by atoms with Crippen LogP contribution in [0.15, 0.2) is 47.4 Å². The largest absolute Gasteiger partial charge is 0.312 e. The maximum atomic E-state index is 13.7. The zero-order valence-corrected chi connectivity index (χ0v) is 28.6. The van der Waals surface area contributed by atoms with Gasteiger partial charge in [-0.3, -0.25) is 4.79 Å². The Hall–Kier alpha value is -1.69. The minimum Gasteiger partial charge on any atom is -0.312 e. The van der Waals surface area contributed by atoms with Crippen LogP contribution in [-0.2, 0) is 30.1 Å². The molecule has 2 fully saturated rings. The standard InChI is InChI=1S/C31H43Cl2N3O5S2/c1-31(2,3)24-6-9-26(10-7-24)43(40,41)27-14-18-34(19-15-27)16-5-17-36(25-8-11-28(32)29(33)22-25)30(37)23-12-20-35(21-13-23)42(4,38)39/h6-11,22-23,27H,5,12-21H2,1-4H3. The first-order valence-corrected chi connectivity index (χ1v) is 19.0. The van der Waals surface area contributed by atoms with E-state index in [9.17, 15) is 21.6 Å². The highest BCUT2D eigenvalue weighted by Gasteiger charge is 2.34. The van der Waals surface area contributed by atoms with Gasteiger partial charge in [-0.2, -0.15) is 0 Å². The van der Waals surface area contributed by atoms with Crippen molar-refractivity contribution in [1.82, 2.24) is 9.21 Å². The Morgan fingerprint density at radius 2 is 1.49 bits per heavy atom. The average molecular weight is 673 g/mol. The molecule has 4 rings (SSSR count). The normalized spacial score (nSPS) is 18.6. The Kier molecular flexibility index (Phi) is 10.9. The fraction of sp³-hybridized carbons (Fsp3) is 0.581. The second kappa shape index (κ2) is 13.7. The van der Waals surface area contributed by atoms with E-state index in [4.69, 9.17) is 23.2 Å². The first-order valence-electron chi connectivity index (χ1n) is 14.9. The number of sulfonamides is 1. The smallest absolute Gasteiger partial charge is 0.230 e. The van der Waals surface area contributed by atoms with Gasteiger partial charge in [-0.05, 0) is 93.0 Å². The minimum atomic E-state index is -3.41. The Balaban J connectivity index is 1.35. The summed E-state index contributed by atoms with van der Waals surface area (Å²) in [4.78, 5) is 18.1. The molecule has 2 aliphatic rings. The third-order valence-electron chi connectivity index (χ3n) is 8.63. The molecule has 8 nitrogen and oxygen atoms in total. The van der Waals surface area contributed by atoms with Crippen LogP contribution in [-0.4, -0.2) is 82.7 Å². The van der Waals surface area contributed by atoms with Crippen LogP contribution in [0.2, 0.25) is 10.0 Å². The van der Waals surface area contributed by atoms with E-state index < -0.39 is 25.1 Å². The number of carbonyl (C=O) groups excluding carboxylic acids is 1. The molecule has 2 aromatic rings. The van der Waals surface area contributed by atoms with Gasteiger partial charge in [0.05, 0.1) is 26.4 Å². The summed E-state index contributed by atoms with van der Waals surface area (Å²) in [6, 6.07) is 12.5. The number of anilines is 1. The molecule has 0 saturated carbocycles. The lowest BCUT2D eigenvalue weighted by atomic mass is 9.87. The zero-order valence-electron chi connectivity index (χ0n) is 25.4. The molecule has 0 aromatic heterocycles. The van der Waals surface area contributed by atoms with E-state index in [1.807, 2.05) is 12.1 Å². The van der Waals surface area contributed by atoms with Gasteiger partial charge in [0.15, 0.2) is 9.84 Å². The van der Waals surface area contributed by atoms with Crippen molar-refractivity contribution in [2.24, 2.45) is 5.92 Å². The number of piperidine rings is 2. The quantitative estimate of drug-likeness (QED) is 0.343. The topological polar surface area (TPSA) is 95.1 Å². The van der Waals surface area contributed by atoms with Gasteiger partial charge in [0.1, 0.15) is 0 Å². The average Bonchev–Trinajstić information content (AvgIpc) is 2.96. The predicted molar refractivity (Wildman–Crippen MR) is 174 cm³/mol. The lowest BCUT2D eigenvalue weighted by Gasteiger charge is -2.34. The second-order valence-electron chi connectivity index (χ2n) is 12.7. The van der Waals surface area contributed by atoms with Crippen LogP contribution >= 0.6 is 23.2 Å². The van der Waals surface area contributed by atoms with Crippen LogP contribution in [0.1, 0.15) is 58.4 Å². The number of rotatable bonds is 9. The number of nitrogens with zero attached hydrogens (tertiary/aromatic N) is 3. The van der Waals surface area contributed by atoms with Crippen molar-refractivity contribution in [3.05, 3.63) is 58.1 Å². The van der Waals surface area contributed by atoms with Crippen LogP contribution in [0.3, 0.4) is 0 Å². The molecule has 2 heterocycles. The lowest BCUT2D eigenvalue weighted by Crippen LogP contribution is -2.45. The molecule has 238 valence electrons. The van der Waals surface area contributed by atoms with Crippen molar-refractivity contribution < 1.29 is 21.6 Å². The number of hydrogen-bond acceptors (Lipinski definition) is 6. The summed E-state index contributed by atoms with van der Waals surface area (Å²) < 4.78 is 52.0. The number of carbonyl (C=O) groups is 1. The van der Waals surface area contributed by atoms with Gasteiger partial charge in [-0.25, -0.2) is 21.1 Å². The summed E-state index contributed by atoms with van der Waals surface area (Å²) in [6.07, 6.45) is 3.95. The van der Waals surface area contributed by atoms with Crippen LogP contribution < -0.4 is 4.90 Å². The zero-order chi connectivity index (χ0) is 31.6. The van der Waals surface area contributed by atoms with Gasteiger partial charge in [-0.15, -0.1) is 0 Å². The summed E-state index contributed by atoms with van der Waals surface area (Å²) in [6.45, 7) is 9.50. The van der Waals surface area contributed by atoms with Crippen molar-refractivity contribution >= 4 is 54.7 Å². The summed E-state index contributed by atoms with van der Waals surface area (Å²) in [5.41, 5.74) is 1.73. The number of hydrogen-bond donors (Lipinski definition) is 0. The molecule has 12 heteroatoms. The van der Waals surface area contributed by atoms with E-state index in [0.717, 1.165) is 12.1 Å². The van der Waals surface area contributed by atoms with E-state index in [2.05, 4.69) is 25.7 Å². The number of sulfone groups is 1. The summed E-state index contributed by atoms with van der Waals surface area (Å²) >= 11 is 12.4. The van der Waals surface area contributed by atoms with Crippen molar-refractivity contribution in [3.8, 4) is 0 Å². The molecule has 0 aliphatic carbocycles. The number of amides is 1. The molecule has 2 saturated heterocycles. The molecule has 1 amide bonds. The van der Waals surface area contributed by atoms with Crippen molar-refractivity contribution in [2.45, 2.75) is 68.4 Å². The Morgan fingerprint density at radius 3 is 2.02 bits per heavy atom. The van der Waals surface area contributed by atoms with E-state index >= 15 is 0 Å². The molecule has 0 atom stereocenters. The number of likely N-dealkylation sites (tertiary alicyclic amines) is 1. The Labute approximate surface area is 267 Å². The summed E-state index contributed by atoms with van der Waals surface area (Å²) in [7, 11) is -6.69. The van der Waals surface area contributed by atoms with E-state index in [0.29, 0.717) is 85.5 Å². The van der Waals surface area contributed by atoms with Crippen LogP contribution in [0, 0.1) is 5.92 Å². The van der Waals surface area contributed by atoms with Crippen molar-refractivity contribution in [2.75, 3.05) is 50.4 Å². The highest BCUT2D eigenvalue weighted by atomic mass is 35.5. The van der Waals surface area contributed by atoms with E-state index in [-0.39, 0.29) is 17.2 Å². The van der Waals surface area contributed by atoms with Gasteiger partial charge >= 0.3 is 0 Å². The molecule has 0 spiro atoms. The fourth-order valence-corrected chi connectivity index (χ4v) is 8.81. The summed E-state index contributed by atoms with van der Waals surface area (Å²) in [5, 5.41) is 0.360. The Bertz CT molecular complexity index is 1490. The third-order valence-corrected chi connectivity index (χ3v) is 13.0. The SMILES string of the molecule is CC(C)(C)c1ccc(S(=O)(=O)C2CCN(CCCN(C(=O)C3CCN(S(C)(=O)=O)CC3)c3ccc(Cl)c(Cl)c3)CC2)cc1. The molecular weight excluding hydrogens is 629 g/mol. The number of benzene rings is 2. The third kappa shape index (κ3) is 8.52. The van der Waals surface area contributed by atoms with Crippen molar-refractivity contribution in [1.29, 1.82) is 0 Å². The van der Waals surface area contributed by atoms with Gasteiger partial charge in [0.2, 0.25) is 15.9 Å². The fourth-order valence-electron chi connectivity index (χ4n) is 5.91. The van der Waals surface area contributed by atoms with Gasteiger partial charge in [0.25, 0.3) is 0 Å². The molecule has 0 bridgehead atoms. The molecule has 2 aliphatic heterocycles. The Morgan fingerprint density at radius 1 is 0.884 bits per heavy atom. The highest BCUT2D eigenvalue weighted by Crippen LogP contribution is 2.31. The monoisotopic (exact) mass is 671 g/mol. The van der Waals surface area contributed by atoms with Crippen LogP contribution in [0.4, 0.5) is 5.69 Å². The first-order chi connectivity index (χ1) is 20.1. The summed E-state index contributed by atoms with van der Waals surface area (Å²) in [5.74, 6) is -0.334. The van der Waals surface area contributed by atoms with Crippen molar-refractivity contribution in [3.63, 3.8) is 0 Å². The molecule has 0 N–H and O–H groups in total. The molecule has 43 heavy (non-hydrogen) atoms. The van der Waals surface area contributed by atoms with E-state index in [1.165, 1.54) is 10.6 Å². The molecule has 0 radical (unpaired) electrons. The van der Waals surface area contributed by atoms with Gasteiger partial charge in [0, 0.05) is 31.2 Å². The first kappa shape index (κ1) is 34.2. The maximum absolute atomic E-state index is 13.7. The van der Waals surface area contributed by atoms with E-state index in [1.54, 1.807) is 35.2 Å². The molecular formula is C31H43Cl2N3O5S2. The minimum absolute atomic E-state index is 0.0382.